The van der Waals surface area contributed by atoms with Gasteiger partial charge in [0.25, 0.3) is 0 Å². The minimum absolute atomic E-state index is 0.122. The van der Waals surface area contributed by atoms with E-state index in [-0.39, 0.29) is 26.3 Å². The molecule has 0 aromatic heterocycles. The number of carbonyl (C=O) groups is 4. The summed E-state index contributed by atoms with van der Waals surface area (Å²) in [6.45, 7) is 14.0. The van der Waals surface area contributed by atoms with Gasteiger partial charge in [0.1, 0.15) is 13.2 Å². The van der Waals surface area contributed by atoms with Gasteiger partial charge in [-0.05, 0) is 27.7 Å². The number of esters is 2. The summed E-state index contributed by atoms with van der Waals surface area (Å²) in [6, 6.07) is -0.891. The van der Waals surface area contributed by atoms with Crippen molar-refractivity contribution < 1.29 is 28.7 Å². The molecule has 0 bridgehead atoms. The number of ether oxygens (including phenoxy) is 2. The van der Waals surface area contributed by atoms with Crippen LogP contribution in [0.5, 0.6) is 0 Å². The lowest BCUT2D eigenvalue weighted by Gasteiger charge is -2.03. The summed E-state index contributed by atoms with van der Waals surface area (Å²) in [5.74, 6) is -0.920. The molecule has 0 atom stereocenters. The van der Waals surface area contributed by atoms with E-state index in [0.29, 0.717) is 11.1 Å². The van der Waals surface area contributed by atoms with Crippen LogP contribution in [0, 0.1) is 0 Å². The maximum Gasteiger partial charge on any atom is 0.340 e. The zero-order valence-electron chi connectivity index (χ0n) is 16.7. The second-order valence-electron chi connectivity index (χ2n) is 5.07. The first-order chi connectivity index (χ1) is 13.1. The molecule has 10 heteroatoms. The van der Waals surface area contributed by atoms with Crippen molar-refractivity contribution >= 4 is 36.4 Å². The standard InChI is InChI=1S/2C9H14N2O3/c2*1-4-10-9(13)11-5-6-14-8(12)7(2)3/h2*4H,2,5-6H2,1,3H3,(H,11,13). The number of nitrogens with zero attached hydrogens (tertiary/aromatic N) is 2. The van der Waals surface area contributed by atoms with E-state index in [1.165, 1.54) is 12.4 Å². The van der Waals surface area contributed by atoms with E-state index in [2.05, 4.69) is 33.8 Å². The van der Waals surface area contributed by atoms with Gasteiger partial charge in [-0.3, -0.25) is 0 Å². The van der Waals surface area contributed by atoms with Crippen molar-refractivity contribution in [1.29, 1.82) is 0 Å². The van der Waals surface area contributed by atoms with Crippen molar-refractivity contribution in [3.8, 4) is 0 Å². The summed E-state index contributed by atoms with van der Waals surface area (Å²) in [4.78, 5) is 50.1. The summed E-state index contributed by atoms with van der Waals surface area (Å²) in [5.41, 5.74) is 0.672. The van der Waals surface area contributed by atoms with Gasteiger partial charge in [-0.25, -0.2) is 29.2 Å². The highest BCUT2D eigenvalue weighted by atomic mass is 16.5. The Kier molecular flexibility index (Phi) is 16.5. The van der Waals surface area contributed by atoms with E-state index in [1.807, 2.05) is 0 Å². The maximum atomic E-state index is 10.8. The number of carbonyl (C=O) groups excluding carboxylic acids is 4. The molecule has 0 aliphatic heterocycles. The monoisotopic (exact) mass is 396 g/mol. The van der Waals surface area contributed by atoms with Gasteiger partial charge in [0.15, 0.2) is 0 Å². The molecule has 0 fully saturated rings. The highest BCUT2D eigenvalue weighted by molar-refractivity contribution is 5.87. The fourth-order valence-corrected chi connectivity index (χ4v) is 1.18. The number of urea groups is 2. The van der Waals surface area contributed by atoms with E-state index in [4.69, 9.17) is 9.47 Å². The minimum atomic E-state index is -0.460. The van der Waals surface area contributed by atoms with E-state index in [1.54, 1.807) is 27.7 Å². The Hall–Kier alpha value is -3.30. The van der Waals surface area contributed by atoms with Crippen molar-refractivity contribution in [3.05, 3.63) is 24.3 Å². The number of nitrogens with one attached hydrogen (secondary N) is 2. The third-order valence-electron chi connectivity index (χ3n) is 2.41. The van der Waals surface area contributed by atoms with Crippen LogP contribution in [0.1, 0.15) is 27.7 Å². The first-order valence-corrected chi connectivity index (χ1v) is 8.33. The van der Waals surface area contributed by atoms with Crippen LogP contribution in [0.15, 0.2) is 34.3 Å². The molecular formula is C18H28N4O6. The van der Waals surface area contributed by atoms with Gasteiger partial charge < -0.3 is 20.1 Å². The highest BCUT2D eigenvalue weighted by Gasteiger charge is 2.03. The minimum Gasteiger partial charge on any atom is -0.460 e. The third-order valence-corrected chi connectivity index (χ3v) is 2.41. The van der Waals surface area contributed by atoms with Crippen molar-refractivity contribution in [2.24, 2.45) is 9.98 Å². The normalized spacial score (nSPS) is 9.86. The van der Waals surface area contributed by atoms with Gasteiger partial charge in [0.2, 0.25) is 0 Å². The zero-order valence-corrected chi connectivity index (χ0v) is 16.7. The maximum absolute atomic E-state index is 10.8. The van der Waals surface area contributed by atoms with Crippen molar-refractivity contribution in [3.63, 3.8) is 0 Å². The van der Waals surface area contributed by atoms with Crippen molar-refractivity contribution in [2.75, 3.05) is 26.3 Å². The molecule has 0 saturated carbocycles. The number of hydrogen-bond donors (Lipinski definition) is 2. The Morgan fingerprint density at radius 1 is 0.786 bits per heavy atom. The summed E-state index contributed by atoms with van der Waals surface area (Å²) >= 11 is 0. The van der Waals surface area contributed by atoms with Crippen LogP contribution in [0.2, 0.25) is 0 Å². The van der Waals surface area contributed by atoms with Crippen molar-refractivity contribution in [2.45, 2.75) is 27.7 Å². The van der Waals surface area contributed by atoms with Crippen LogP contribution in [0.25, 0.3) is 0 Å². The van der Waals surface area contributed by atoms with Crippen LogP contribution >= 0.6 is 0 Å². The van der Waals surface area contributed by atoms with Gasteiger partial charge in [-0.2, -0.15) is 0 Å². The van der Waals surface area contributed by atoms with Crippen LogP contribution in [0.3, 0.4) is 0 Å². The van der Waals surface area contributed by atoms with E-state index in [0.717, 1.165) is 0 Å². The van der Waals surface area contributed by atoms with Gasteiger partial charge >= 0.3 is 24.0 Å². The van der Waals surface area contributed by atoms with Crippen molar-refractivity contribution in [1.82, 2.24) is 10.6 Å². The number of hydrogen-bond acceptors (Lipinski definition) is 6. The van der Waals surface area contributed by atoms with Gasteiger partial charge in [-0.1, -0.05) is 13.2 Å². The van der Waals surface area contributed by atoms with Gasteiger partial charge in [-0.15, -0.1) is 0 Å². The fourth-order valence-electron chi connectivity index (χ4n) is 1.18. The SMILES string of the molecule is C=C(C)C(=O)OCCNC(=O)N=CC.C=C(C)C(=O)OCCNC(=O)N=CC. The Balaban J connectivity index is 0. The molecule has 0 aliphatic carbocycles. The lowest BCUT2D eigenvalue weighted by molar-refractivity contribution is -0.139. The zero-order chi connectivity index (χ0) is 21.9. The molecule has 0 unspecified atom stereocenters. The smallest absolute Gasteiger partial charge is 0.340 e. The number of rotatable bonds is 8. The van der Waals surface area contributed by atoms with Crippen LogP contribution in [0.4, 0.5) is 9.59 Å². The first-order valence-electron chi connectivity index (χ1n) is 8.33. The van der Waals surface area contributed by atoms with E-state index >= 15 is 0 Å². The summed E-state index contributed by atoms with van der Waals surface area (Å²) in [6.07, 6.45) is 2.77. The predicted octanol–water partition coefficient (Wildman–Crippen LogP) is 1.81. The summed E-state index contributed by atoms with van der Waals surface area (Å²) in [5, 5.41) is 4.87. The second kappa shape index (κ2) is 17.1. The van der Waals surface area contributed by atoms with E-state index < -0.39 is 24.0 Å². The van der Waals surface area contributed by atoms with Crippen LogP contribution in [-0.2, 0) is 19.1 Å². The molecule has 0 spiro atoms. The van der Waals surface area contributed by atoms with Gasteiger partial charge in [0.05, 0.1) is 13.1 Å². The lowest BCUT2D eigenvalue weighted by atomic mass is 10.4. The molecule has 4 amide bonds. The molecule has 0 aromatic carbocycles. The average Bonchev–Trinajstić information content (AvgIpc) is 2.62. The Morgan fingerprint density at radius 3 is 1.36 bits per heavy atom. The lowest BCUT2D eigenvalue weighted by Crippen LogP contribution is -2.25. The molecule has 0 radical (unpaired) electrons. The van der Waals surface area contributed by atoms with Gasteiger partial charge in [0, 0.05) is 23.6 Å². The molecule has 2 N–H and O–H groups in total. The molecule has 0 rings (SSSR count). The molecule has 0 saturated heterocycles. The molecule has 10 nitrogen and oxygen atoms in total. The molecule has 0 heterocycles. The summed E-state index contributed by atoms with van der Waals surface area (Å²) < 4.78 is 9.45. The quantitative estimate of drug-likeness (QED) is 0.278. The topological polar surface area (TPSA) is 136 Å². The van der Waals surface area contributed by atoms with E-state index in [9.17, 15) is 19.2 Å². The largest absolute Gasteiger partial charge is 0.460 e. The average molecular weight is 396 g/mol. The highest BCUT2D eigenvalue weighted by Crippen LogP contribution is 1.91. The molecule has 28 heavy (non-hydrogen) atoms. The Morgan fingerprint density at radius 2 is 1.11 bits per heavy atom. The Labute approximate surface area is 164 Å². The molecular weight excluding hydrogens is 368 g/mol. The number of aliphatic imine (C=N–C) groups is 2. The molecule has 0 aliphatic rings. The Bertz CT molecular complexity index is 572. The summed E-state index contributed by atoms with van der Waals surface area (Å²) in [7, 11) is 0. The predicted molar refractivity (Wildman–Crippen MR) is 107 cm³/mol. The second-order valence-corrected chi connectivity index (χ2v) is 5.07. The molecule has 156 valence electrons. The van der Waals surface area contributed by atoms with Crippen LogP contribution in [-0.4, -0.2) is 62.7 Å². The third kappa shape index (κ3) is 17.5. The number of amides is 4. The van der Waals surface area contributed by atoms with Crippen LogP contribution < -0.4 is 10.6 Å². The molecule has 0 aromatic rings. The fraction of sp³-hybridized carbons (Fsp3) is 0.444. The first kappa shape index (κ1) is 26.9.